The highest BCUT2D eigenvalue weighted by Gasteiger charge is 2.25. The second-order valence-electron chi connectivity index (χ2n) is 4.48. The third kappa shape index (κ3) is 2.37. The Bertz CT molecular complexity index is 456. The van der Waals surface area contributed by atoms with Crippen LogP contribution in [0.5, 0.6) is 0 Å². The van der Waals surface area contributed by atoms with Crippen molar-refractivity contribution in [3.8, 4) is 0 Å². The predicted molar refractivity (Wildman–Crippen MR) is 75.1 cm³/mol. The number of aromatic nitrogens is 2. The minimum atomic E-state index is 0.562. The molecule has 92 valence electrons. The zero-order chi connectivity index (χ0) is 11.7. The Hall–Kier alpha value is -0.520. The Balaban J connectivity index is 1.73. The first kappa shape index (κ1) is 11.6. The van der Waals surface area contributed by atoms with Crippen LogP contribution >= 0.6 is 23.1 Å². The van der Waals surface area contributed by atoms with Crippen LogP contribution in [0, 0.1) is 0 Å². The maximum absolute atomic E-state index is 4.66. The number of rotatable bonds is 4. The molecular formula is C12H17N3S2. The standard InChI is InChI=1S/C12H17N3S2/c1-13-10(11-3-2-5-16-11)7-9-8-15-4-6-17-12(15)14-9/h4,6,8,10-11,13H,2-3,5,7H2,1H3. The minimum absolute atomic E-state index is 0.562. The quantitative estimate of drug-likeness (QED) is 0.922. The zero-order valence-corrected chi connectivity index (χ0v) is 11.6. The predicted octanol–water partition coefficient (Wildman–Crippen LogP) is 2.42. The van der Waals surface area contributed by atoms with E-state index in [4.69, 9.17) is 0 Å². The smallest absolute Gasteiger partial charge is 0.193 e. The molecule has 0 spiro atoms. The normalized spacial score (nSPS) is 22.3. The van der Waals surface area contributed by atoms with Gasteiger partial charge >= 0.3 is 0 Å². The van der Waals surface area contributed by atoms with Gasteiger partial charge in [-0.25, -0.2) is 4.98 Å². The number of nitrogens with zero attached hydrogens (tertiary/aromatic N) is 2. The second-order valence-corrected chi connectivity index (χ2v) is 6.70. The van der Waals surface area contributed by atoms with Crippen molar-refractivity contribution >= 4 is 28.1 Å². The SMILES string of the molecule is CNC(Cc1cn2ccsc2n1)C1CCCS1. The van der Waals surface area contributed by atoms with Crippen LogP contribution in [0.1, 0.15) is 18.5 Å². The van der Waals surface area contributed by atoms with Crippen molar-refractivity contribution in [1.82, 2.24) is 14.7 Å². The van der Waals surface area contributed by atoms with E-state index in [9.17, 15) is 0 Å². The molecule has 0 aromatic carbocycles. The van der Waals surface area contributed by atoms with Crippen molar-refractivity contribution in [2.75, 3.05) is 12.8 Å². The third-order valence-electron chi connectivity index (χ3n) is 3.36. The number of thioether (sulfide) groups is 1. The van der Waals surface area contributed by atoms with Crippen molar-refractivity contribution < 1.29 is 0 Å². The second kappa shape index (κ2) is 5.00. The summed E-state index contributed by atoms with van der Waals surface area (Å²) in [7, 11) is 2.07. The Morgan fingerprint density at radius 2 is 2.59 bits per heavy atom. The van der Waals surface area contributed by atoms with Gasteiger partial charge in [0, 0.05) is 35.5 Å². The molecule has 0 saturated carbocycles. The number of imidazole rings is 1. The van der Waals surface area contributed by atoms with E-state index in [1.54, 1.807) is 11.3 Å². The van der Waals surface area contributed by atoms with Gasteiger partial charge < -0.3 is 5.32 Å². The van der Waals surface area contributed by atoms with Crippen LogP contribution in [-0.4, -0.2) is 33.5 Å². The maximum Gasteiger partial charge on any atom is 0.193 e. The van der Waals surface area contributed by atoms with Crippen LogP contribution in [0.25, 0.3) is 4.96 Å². The zero-order valence-electron chi connectivity index (χ0n) is 9.93. The van der Waals surface area contributed by atoms with Crippen molar-refractivity contribution in [3.05, 3.63) is 23.5 Å². The number of hydrogen-bond donors (Lipinski definition) is 1. The van der Waals surface area contributed by atoms with Crippen LogP contribution in [0.3, 0.4) is 0 Å². The lowest BCUT2D eigenvalue weighted by atomic mass is 10.1. The van der Waals surface area contributed by atoms with Gasteiger partial charge in [-0.1, -0.05) is 0 Å². The molecule has 1 fully saturated rings. The van der Waals surface area contributed by atoms with Gasteiger partial charge in [-0.05, 0) is 25.6 Å². The summed E-state index contributed by atoms with van der Waals surface area (Å²) in [6.45, 7) is 0. The lowest BCUT2D eigenvalue weighted by molar-refractivity contribution is 0.520. The fourth-order valence-electron chi connectivity index (χ4n) is 2.44. The molecule has 0 radical (unpaired) electrons. The number of likely N-dealkylation sites (N-methyl/N-ethyl adjacent to an activating group) is 1. The minimum Gasteiger partial charge on any atom is -0.316 e. The largest absolute Gasteiger partial charge is 0.316 e. The summed E-state index contributed by atoms with van der Waals surface area (Å²) in [4.78, 5) is 5.77. The van der Waals surface area contributed by atoms with Gasteiger partial charge in [0.15, 0.2) is 4.96 Å². The first-order valence-corrected chi connectivity index (χ1v) is 7.99. The van der Waals surface area contributed by atoms with E-state index in [1.165, 1.54) is 24.3 Å². The Labute approximate surface area is 110 Å². The van der Waals surface area contributed by atoms with Gasteiger partial charge in [-0.15, -0.1) is 11.3 Å². The van der Waals surface area contributed by atoms with Gasteiger partial charge in [0.2, 0.25) is 0 Å². The Morgan fingerprint density at radius 3 is 3.29 bits per heavy atom. The molecular weight excluding hydrogens is 250 g/mol. The first-order valence-electron chi connectivity index (χ1n) is 6.07. The number of hydrogen-bond acceptors (Lipinski definition) is 4. The highest BCUT2D eigenvalue weighted by atomic mass is 32.2. The van der Waals surface area contributed by atoms with Gasteiger partial charge in [0.25, 0.3) is 0 Å². The molecule has 0 bridgehead atoms. The summed E-state index contributed by atoms with van der Waals surface area (Å²) in [5.74, 6) is 1.32. The van der Waals surface area contributed by atoms with E-state index in [1.807, 2.05) is 0 Å². The molecule has 3 rings (SSSR count). The van der Waals surface area contributed by atoms with Gasteiger partial charge in [-0.2, -0.15) is 11.8 Å². The van der Waals surface area contributed by atoms with E-state index < -0.39 is 0 Å². The molecule has 17 heavy (non-hydrogen) atoms. The Kier molecular flexibility index (Phi) is 3.40. The lowest BCUT2D eigenvalue weighted by Gasteiger charge is -2.21. The van der Waals surface area contributed by atoms with Gasteiger partial charge in [0.05, 0.1) is 5.69 Å². The van der Waals surface area contributed by atoms with E-state index in [2.05, 4.69) is 51.3 Å². The fraction of sp³-hybridized carbons (Fsp3) is 0.583. The van der Waals surface area contributed by atoms with Gasteiger partial charge in [0.1, 0.15) is 0 Å². The summed E-state index contributed by atoms with van der Waals surface area (Å²) < 4.78 is 2.12. The van der Waals surface area contributed by atoms with Crippen LogP contribution in [0.15, 0.2) is 17.8 Å². The highest BCUT2D eigenvalue weighted by Crippen LogP contribution is 2.30. The van der Waals surface area contributed by atoms with Crippen LogP contribution in [0.4, 0.5) is 0 Å². The molecule has 0 aliphatic carbocycles. The molecule has 3 heterocycles. The van der Waals surface area contributed by atoms with Crippen LogP contribution in [0.2, 0.25) is 0 Å². The molecule has 3 nitrogen and oxygen atoms in total. The average Bonchev–Trinajstić information content (AvgIpc) is 3.01. The van der Waals surface area contributed by atoms with E-state index in [-0.39, 0.29) is 0 Å². The summed E-state index contributed by atoms with van der Waals surface area (Å²) in [6.07, 6.45) is 8.00. The topological polar surface area (TPSA) is 29.3 Å². The molecule has 1 aliphatic heterocycles. The van der Waals surface area contributed by atoms with Crippen LogP contribution in [-0.2, 0) is 6.42 Å². The van der Waals surface area contributed by atoms with Crippen LogP contribution < -0.4 is 5.32 Å². The van der Waals surface area contributed by atoms with E-state index >= 15 is 0 Å². The van der Waals surface area contributed by atoms with E-state index in [0.717, 1.165) is 16.6 Å². The molecule has 1 saturated heterocycles. The monoisotopic (exact) mass is 267 g/mol. The molecule has 0 amide bonds. The molecule has 2 atom stereocenters. The average molecular weight is 267 g/mol. The molecule has 2 aromatic rings. The van der Waals surface area contributed by atoms with Crippen molar-refractivity contribution in [2.24, 2.45) is 0 Å². The molecule has 5 heteroatoms. The van der Waals surface area contributed by atoms with Crippen molar-refractivity contribution in [3.63, 3.8) is 0 Å². The van der Waals surface area contributed by atoms with E-state index in [0.29, 0.717) is 6.04 Å². The summed E-state index contributed by atoms with van der Waals surface area (Å²) in [5.41, 5.74) is 1.21. The van der Waals surface area contributed by atoms with Gasteiger partial charge in [-0.3, -0.25) is 4.40 Å². The number of thiazole rings is 1. The molecule has 2 unspecified atom stereocenters. The molecule has 1 N–H and O–H groups in total. The molecule has 1 aliphatic rings. The summed E-state index contributed by atoms with van der Waals surface area (Å²) in [5, 5.41) is 6.30. The fourth-order valence-corrected chi connectivity index (χ4v) is 4.59. The molecule has 2 aromatic heterocycles. The number of fused-ring (bicyclic) bond motifs is 1. The lowest BCUT2D eigenvalue weighted by Crippen LogP contribution is -2.36. The maximum atomic E-state index is 4.66. The summed E-state index contributed by atoms with van der Waals surface area (Å²) >= 11 is 3.81. The highest BCUT2D eigenvalue weighted by molar-refractivity contribution is 8.00. The Morgan fingerprint density at radius 1 is 1.65 bits per heavy atom. The van der Waals surface area contributed by atoms with Crippen molar-refractivity contribution in [2.45, 2.75) is 30.6 Å². The first-order chi connectivity index (χ1) is 8.36. The number of nitrogens with one attached hydrogen (secondary N) is 1. The summed E-state index contributed by atoms with van der Waals surface area (Å²) in [6, 6.07) is 0.562. The van der Waals surface area contributed by atoms with Crippen molar-refractivity contribution in [1.29, 1.82) is 0 Å². The third-order valence-corrected chi connectivity index (χ3v) is 5.64.